The Bertz CT molecular complexity index is 1050. The number of hydrogen-bond donors (Lipinski definition) is 0. The topological polar surface area (TPSA) is 50.6 Å². The van der Waals surface area contributed by atoms with Gasteiger partial charge >= 0.3 is 0 Å². The fraction of sp³-hybridized carbons (Fsp3) is 0.273. The van der Waals surface area contributed by atoms with E-state index in [1.54, 1.807) is 41.4 Å². The van der Waals surface area contributed by atoms with Crippen LogP contribution in [0.1, 0.15) is 16.1 Å². The molecule has 0 spiro atoms. The summed E-state index contributed by atoms with van der Waals surface area (Å²) in [6, 6.07) is 12.8. The molecule has 1 aliphatic heterocycles. The third-order valence-electron chi connectivity index (χ3n) is 5.19. The number of para-hydroxylation sites is 1. The summed E-state index contributed by atoms with van der Waals surface area (Å²) < 4.78 is 34.1. The van der Waals surface area contributed by atoms with Crippen LogP contribution in [-0.2, 0) is 6.54 Å². The average molecular weight is 412 g/mol. The molecule has 1 amide bonds. The van der Waals surface area contributed by atoms with Crippen molar-refractivity contribution in [3.63, 3.8) is 0 Å². The first-order chi connectivity index (χ1) is 14.5. The van der Waals surface area contributed by atoms with E-state index in [2.05, 4.69) is 10.00 Å². The van der Waals surface area contributed by atoms with Gasteiger partial charge in [-0.1, -0.05) is 18.2 Å². The minimum Gasteiger partial charge on any atom is -0.494 e. The van der Waals surface area contributed by atoms with Gasteiger partial charge in [0, 0.05) is 38.9 Å². The molecule has 0 radical (unpaired) electrons. The van der Waals surface area contributed by atoms with Crippen molar-refractivity contribution >= 4 is 5.91 Å². The first kappa shape index (κ1) is 20.0. The second kappa shape index (κ2) is 8.62. The van der Waals surface area contributed by atoms with Gasteiger partial charge in [0.05, 0.1) is 7.11 Å². The molecular weight excluding hydrogens is 390 g/mol. The highest BCUT2D eigenvalue weighted by Crippen LogP contribution is 2.19. The monoisotopic (exact) mass is 412 g/mol. The minimum atomic E-state index is -0.400. The quantitative estimate of drug-likeness (QED) is 0.646. The molecule has 0 bridgehead atoms. The van der Waals surface area contributed by atoms with Crippen LogP contribution in [0.25, 0.3) is 5.69 Å². The number of hydrogen-bond acceptors (Lipinski definition) is 4. The van der Waals surface area contributed by atoms with E-state index in [0.717, 1.165) is 5.56 Å². The average Bonchev–Trinajstić information content (AvgIpc) is 3.24. The molecule has 1 aromatic heterocycles. The summed E-state index contributed by atoms with van der Waals surface area (Å²) >= 11 is 0. The second-order valence-electron chi connectivity index (χ2n) is 7.13. The number of benzene rings is 2. The van der Waals surface area contributed by atoms with E-state index >= 15 is 0 Å². The molecule has 6 nitrogen and oxygen atoms in total. The number of methoxy groups -OCH3 is 1. The number of amides is 1. The molecule has 1 aliphatic rings. The number of carbonyl (C=O) groups is 1. The van der Waals surface area contributed by atoms with Crippen molar-refractivity contribution in [1.82, 2.24) is 19.6 Å². The van der Waals surface area contributed by atoms with Crippen molar-refractivity contribution in [2.75, 3.05) is 33.3 Å². The Morgan fingerprint density at radius 3 is 2.50 bits per heavy atom. The molecule has 1 fully saturated rings. The Hall–Kier alpha value is -3.26. The van der Waals surface area contributed by atoms with Crippen molar-refractivity contribution < 1.29 is 18.3 Å². The van der Waals surface area contributed by atoms with Gasteiger partial charge in [-0.25, -0.2) is 13.5 Å². The number of nitrogens with zero attached hydrogens (tertiary/aromatic N) is 4. The first-order valence-electron chi connectivity index (χ1n) is 9.70. The van der Waals surface area contributed by atoms with Crippen LogP contribution in [0.4, 0.5) is 8.78 Å². The van der Waals surface area contributed by atoms with E-state index in [-0.39, 0.29) is 23.2 Å². The van der Waals surface area contributed by atoms with Gasteiger partial charge in [-0.05, 0) is 35.9 Å². The lowest BCUT2D eigenvalue weighted by Gasteiger charge is -2.34. The van der Waals surface area contributed by atoms with Crippen LogP contribution in [0.3, 0.4) is 0 Å². The molecule has 0 saturated carbocycles. The Labute approximate surface area is 173 Å². The molecule has 0 aliphatic carbocycles. The van der Waals surface area contributed by atoms with Crippen LogP contribution in [0.5, 0.6) is 5.75 Å². The van der Waals surface area contributed by atoms with Gasteiger partial charge in [-0.15, -0.1) is 0 Å². The molecule has 2 aromatic carbocycles. The molecule has 0 N–H and O–H groups in total. The number of aromatic nitrogens is 2. The maximum Gasteiger partial charge on any atom is 0.274 e. The maximum absolute atomic E-state index is 13.9. The summed E-state index contributed by atoms with van der Waals surface area (Å²) in [6.45, 7) is 3.04. The fourth-order valence-electron chi connectivity index (χ4n) is 3.55. The van der Waals surface area contributed by atoms with Crippen molar-refractivity contribution in [3.05, 3.63) is 77.6 Å². The zero-order valence-corrected chi connectivity index (χ0v) is 16.6. The minimum absolute atomic E-state index is 0.180. The summed E-state index contributed by atoms with van der Waals surface area (Å²) in [7, 11) is 1.44. The number of carbonyl (C=O) groups excluding carboxylic acids is 1. The molecule has 0 atom stereocenters. The van der Waals surface area contributed by atoms with Crippen LogP contribution >= 0.6 is 0 Å². The van der Waals surface area contributed by atoms with Crippen LogP contribution in [0.15, 0.2) is 54.7 Å². The van der Waals surface area contributed by atoms with Crippen LogP contribution < -0.4 is 4.74 Å². The number of piperazine rings is 1. The van der Waals surface area contributed by atoms with E-state index in [0.29, 0.717) is 38.4 Å². The molecule has 3 aromatic rings. The standard InChI is InChI=1S/C22H22F2N4O2/c1-30-21-7-6-16(14-18(21)24)15-26-10-12-27(13-11-26)22(29)19-8-9-28(25-19)20-5-3-2-4-17(20)23/h2-9,14H,10-13,15H2,1H3. The van der Waals surface area contributed by atoms with Crippen molar-refractivity contribution in [2.45, 2.75) is 6.54 Å². The van der Waals surface area contributed by atoms with Gasteiger partial charge in [-0.2, -0.15) is 5.10 Å². The van der Waals surface area contributed by atoms with E-state index < -0.39 is 5.82 Å². The number of rotatable bonds is 5. The second-order valence-corrected chi connectivity index (χ2v) is 7.13. The highest BCUT2D eigenvalue weighted by Gasteiger charge is 2.24. The van der Waals surface area contributed by atoms with E-state index in [1.807, 2.05) is 6.07 Å². The summed E-state index contributed by atoms with van der Waals surface area (Å²) in [5.41, 5.74) is 1.44. The molecule has 4 rings (SSSR count). The van der Waals surface area contributed by atoms with Gasteiger partial charge in [0.15, 0.2) is 17.3 Å². The van der Waals surface area contributed by atoms with Crippen LogP contribution in [-0.4, -0.2) is 58.8 Å². The van der Waals surface area contributed by atoms with Crippen molar-refractivity contribution in [1.29, 1.82) is 0 Å². The molecule has 30 heavy (non-hydrogen) atoms. The number of halogens is 2. The van der Waals surface area contributed by atoms with Gasteiger partial charge < -0.3 is 9.64 Å². The SMILES string of the molecule is COc1ccc(CN2CCN(C(=O)c3ccn(-c4ccccc4F)n3)CC2)cc1F. The first-order valence-corrected chi connectivity index (χ1v) is 9.70. The normalized spacial score (nSPS) is 14.7. The Morgan fingerprint density at radius 2 is 1.80 bits per heavy atom. The summed E-state index contributed by atoms with van der Waals surface area (Å²) in [5, 5.41) is 4.25. The Kier molecular flexibility index (Phi) is 5.76. The van der Waals surface area contributed by atoms with Crippen molar-refractivity contribution in [2.24, 2.45) is 0 Å². The van der Waals surface area contributed by atoms with Crippen molar-refractivity contribution in [3.8, 4) is 11.4 Å². The lowest BCUT2D eigenvalue weighted by molar-refractivity contribution is 0.0622. The van der Waals surface area contributed by atoms with Gasteiger partial charge in [0.2, 0.25) is 0 Å². The molecule has 2 heterocycles. The highest BCUT2D eigenvalue weighted by molar-refractivity contribution is 5.92. The lowest BCUT2D eigenvalue weighted by Crippen LogP contribution is -2.48. The Balaban J connectivity index is 1.36. The molecule has 0 unspecified atom stereocenters. The molecule has 8 heteroatoms. The van der Waals surface area contributed by atoms with E-state index in [4.69, 9.17) is 4.74 Å². The van der Waals surface area contributed by atoms with Gasteiger partial charge in [-0.3, -0.25) is 9.69 Å². The maximum atomic E-state index is 13.9. The predicted molar refractivity (Wildman–Crippen MR) is 108 cm³/mol. The van der Waals surface area contributed by atoms with E-state index in [1.165, 1.54) is 23.9 Å². The Morgan fingerprint density at radius 1 is 1.03 bits per heavy atom. The summed E-state index contributed by atoms with van der Waals surface area (Å²) in [6.07, 6.45) is 1.58. The summed E-state index contributed by atoms with van der Waals surface area (Å²) in [4.78, 5) is 16.7. The predicted octanol–water partition coefficient (Wildman–Crippen LogP) is 3.12. The van der Waals surface area contributed by atoms with Crippen LogP contribution in [0, 0.1) is 11.6 Å². The van der Waals surface area contributed by atoms with Gasteiger partial charge in [0.25, 0.3) is 5.91 Å². The zero-order valence-electron chi connectivity index (χ0n) is 16.6. The molecular formula is C22H22F2N4O2. The smallest absolute Gasteiger partial charge is 0.274 e. The highest BCUT2D eigenvalue weighted by atomic mass is 19.1. The van der Waals surface area contributed by atoms with Crippen LogP contribution in [0.2, 0.25) is 0 Å². The third kappa shape index (κ3) is 4.18. The third-order valence-corrected chi connectivity index (χ3v) is 5.19. The molecule has 156 valence electrons. The van der Waals surface area contributed by atoms with Gasteiger partial charge in [0.1, 0.15) is 11.5 Å². The number of ether oxygens (including phenoxy) is 1. The largest absolute Gasteiger partial charge is 0.494 e. The fourth-order valence-corrected chi connectivity index (χ4v) is 3.55. The zero-order chi connectivity index (χ0) is 21.1. The van der Waals surface area contributed by atoms with E-state index in [9.17, 15) is 13.6 Å². The lowest BCUT2D eigenvalue weighted by atomic mass is 10.1. The molecule has 1 saturated heterocycles. The summed E-state index contributed by atoms with van der Waals surface area (Å²) in [5.74, 6) is -0.735.